The number of rotatable bonds is 4. The normalized spacial score (nSPS) is 14.8. The number of dihydropyridines is 1. The van der Waals surface area contributed by atoms with Crippen molar-refractivity contribution in [2.24, 2.45) is 0 Å². The molecule has 9 rings (SSSR count). The highest BCUT2D eigenvalue weighted by Crippen LogP contribution is 2.42. The average molecular weight is 565 g/mol. The number of nitrogens with zero attached hydrogens (tertiary/aromatic N) is 3. The van der Waals surface area contributed by atoms with Crippen molar-refractivity contribution in [3.8, 4) is 17.1 Å². The molecule has 0 amide bonds. The van der Waals surface area contributed by atoms with Gasteiger partial charge in [0.1, 0.15) is 11.6 Å². The molecule has 5 aromatic carbocycles. The molecule has 1 N–H and O–H groups in total. The summed E-state index contributed by atoms with van der Waals surface area (Å²) in [7, 11) is 0. The highest BCUT2D eigenvalue weighted by Gasteiger charge is 2.23. The lowest BCUT2D eigenvalue weighted by atomic mass is 10.0. The highest BCUT2D eigenvalue weighted by molar-refractivity contribution is 6.26. The lowest BCUT2D eigenvalue weighted by Gasteiger charge is -2.24. The van der Waals surface area contributed by atoms with Crippen molar-refractivity contribution in [1.29, 1.82) is 0 Å². The van der Waals surface area contributed by atoms with Gasteiger partial charge in [-0.05, 0) is 42.0 Å². The molecule has 0 aliphatic carbocycles. The van der Waals surface area contributed by atoms with Crippen LogP contribution in [-0.4, -0.2) is 14.1 Å². The maximum absolute atomic E-state index is 5.19. The zero-order valence-corrected chi connectivity index (χ0v) is 23.9. The third kappa shape index (κ3) is 3.74. The Kier molecular flexibility index (Phi) is 5.53. The van der Waals surface area contributed by atoms with Gasteiger partial charge >= 0.3 is 0 Å². The summed E-state index contributed by atoms with van der Waals surface area (Å²) in [5.74, 6) is 1.96. The summed E-state index contributed by atoms with van der Waals surface area (Å²) in [6.07, 6.45) is 6.58. The Hall–Kier alpha value is -5.87. The molecule has 8 aromatic rings. The molecule has 4 nitrogen and oxygen atoms in total. The minimum atomic E-state index is 0.0814. The second-order valence-corrected chi connectivity index (χ2v) is 11.3. The molecule has 1 aliphatic rings. The highest BCUT2D eigenvalue weighted by atomic mass is 15.2. The fraction of sp³-hybridized carbons (Fsp3) is 0.0250. The van der Waals surface area contributed by atoms with Gasteiger partial charge in [-0.1, -0.05) is 121 Å². The third-order valence-electron chi connectivity index (χ3n) is 8.76. The van der Waals surface area contributed by atoms with Crippen LogP contribution < -0.4 is 5.32 Å². The molecule has 1 unspecified atom stereocenters. The van der Waals surface area contributed by atoms with Crippen LogP contribution in [0, 0.1) is 0 Å². The van der Waals surface area contributed by atoms with Gasteiger partial charge in [0.2, 0.25) is 0 Å². The van der Waals surface area contributed by atoms with E-state index in [0.29, 0.717) is 0 Å². The Bertz CT molecular complexity index is 2410. The van der Waals surface area contributed by atoms with Gasteiger partial charge in [-0.15, -0.1) is 0 Å². The van der Waals surface area contributed by atoms with Crippen LogP contribution in [0.5, 0.6) is 0 Å². The van der Waals surface area contributed by atoms with E-state index in [4.69, 9.17) is 4.98 Å². The van der Waals surface area contributed by atoms with E-state index in [2.05, 4.69) is 166 Å². The van der Waals surface area contributed by atoms with E-state index in [9.17, 15) is 0 Å². The summed E-state index contributed by atoms with van der Waals surface area (Å²) in [5.41, 5.74) is 7.94. The van der Waals surface area contributed by atoms with Crippen LogP contribution in [0.25, 0.3) is 66.5 Å². The van der Waals surface area contributed by atoms with Crippen molar-refractivity contribution in [1.82, 2.24) is 19.4 Å². The Balaban J connectivity index is 1.34. The maximum Gasteiger partial charge on any atom is 0.138 e. The number of benzene rings is 5. The van der Waals surface area contributed by atoms with Crippen molar-refractivity contribution in [2.75, 3.05) is 0 Å². The summed E-state index contributed by atoms with van der Waals surface area (Å²) < 4.78 is 4.73. The summed E-state index contributed by atoms with van der Waals surface area (Å²) in [6.45, 7) is 0. The van der Waals surface area contributed by atoms with Gasteiger partial charge in [0.25, 0.3) is 0 Å². The molecule has 0 bridgehead atoms. The Morgan fingerprint density at radius 3 is 2.07 bits per heavy atom. The van der Waals surface area contributed by atoms with E-state index in [1.807, 2.05) is 6.07 Å². The molecule has 0 radical (unpaired) electrons. The molecule has 4 heteroatoms. The molecule has 0 spiro atoms. The standard InChI is InChI=1S/C40H28N4/c1-3-13-27(14-4-1)32-19-11-23-37(41-32)43-35-22-10-8-18-31(35)39-36(43)26-25-30-29-17-7-9-21-34(29)44(40(30)39)38-24-12-20-33(42-38)28-15-5-2-6-16-28/h1-26,33,42H. The lowest BCUT2D eigenvalue weighted by Crippen LogP contribution is -2.23. The Morgan fingerprint density at radius 2 is 1.25 bits per heavy atom. The first kappa shape index (κ1) is 24.7. The van der Waals surface area contributed by atoms with Crippen LogP contribution in [-0.2, 0) is 0 Å². The van der Waals surface area contributed by atoms with Crippen molar-refractivity contribution in [3.05, 3.63) is 163 Å². The number of nitrogens with one attached hydrogen (secondary N) is 1. The number of pyridine rings is 1. The molecule has 1 aliphatic heterocycles. The van der Waals surface area contributed by atoms with Crippen molar-refractivity contribution in [2.45, 2.75) is 6.04 Å². The molecule has 208 valence electrons. The lowest BCUT2D eigenvalue weighted by molar-refractivity contribution is 0.736. The Labute approximate surface area is 254 Å². The smallest absolute Gasteiger partial charge is 0.138 e. The van der Waals surface area contributed by atoms with Gasteiger partial charge in [-0.25, -0.2) is 4.98 Å². The summed E-state index contributed by atoms with van der Waals surface area (Å²) in [6, 6.07) is 49.4. The Morgan fingerprint density at radius 1 is 0.545 bits per heavy atom. The first-order valence-electron chi connectivity index (χ1n) is 15.0. The van der Waals surface area contributed by atoms with Crippen molar-refractivity contribution in [3.63, 3.8) is 0 Å². The van der Waals surface area contributed by atoms with E-state index in [1.54, 1.807) is 0 Å². The van der Waals surface area contributed by atoms with Gasteiger partial charge in [-0.3, -0.25) is 9.13 Å². The minimum Gasteiger partial charge on any atom is -0.361 e. The minimum absolute atomic E-state index is 0.0814. The monoisotopic (exact) mass is 564 g/mol. The van der Waals surface area contributed by atoms with Crippen LogP contribution in [0.2, 0.25) is 0 Å². The van der Waals surface area contributed by atoms with Gasteiger partial charge in [0, 0.05) is 27.1 Å². The molecule has 0 saturated heterocycles. The van der Waals surface area contributed by atoms with Gasteiger partial charge in [0.15, 0.2) is 0 Å². The van der Waals surface area contributed by atoms with Crippen LogP contribution >= 0.6 is 0 Å². The molecular formula is C40H28N4. The fourth-order valence-corrected chi connectivity index (χ4v) is 6.83. The predicted octanol–water partition coefficient (Wildman–Crippen LogP) is 9.65. The zero-order chi connectivity index (χ0) is 29.0. The second-order valence-electron chi connectivity index (χ2n) is 11.3. The third-order valence-corrected chi connectivity index (χ3v) is 8.76. The van der Waals surface area contributed by atoms with Gasteiger partial charge in [-0.2, -0.15) is 0 Å². The number of hydrogen-bond donors (Lipinski definition) is 1. The van der Waals surface area contributed by atoms with E-state index < -0.39 is 0 Å². The molecule has 4 heterocycles. The number of allylic oxidation sites excluding steroid dienone is 2. The quantitative estimate of drug-likeness (QED) is 0.231. The summed E-state index contributed by atoms with van der Waals surface area (Å²) in [5, 5.41) is 8.74. The van der Waals surface area contributed by atoms with Crippen molar-refractivity contribution < 1.29 is 0 Å². The van der Waals surface area contributed by atoms with Gasteiger partial charge in [0.05, 0.1) is 33.8 Å². The van der Waals surface area contributed by atoms with Gasteiger partial charge < -0.3 is 5.32 Å². The SMILES string of the molecule is C1=CC(c2ccccc2)NC(n2c3ccccc3c3ccc4c(c5ccccc5n4-c4cccc(-c5ccccc5)n4)c32)=C1. The average Bonchev–Trinajstić information content (AvgIpc) is 3.62. The topological polar surface area (TPSA) is 34.8 Å². The van der Waals surface area contributed by atoms with E-state index in [0.717, 1.165) is 33.9 Å². The summed E-state index contributed by atoms with van der Waals surface area (Å²) in [4.78, 5) is 5.19. The van der Waals surface area contributed by atoms with Crippen LogP contribution in [0.1, 0.15) is 11.6 Å². The van der Waals surface area contributed by atoms with Crippen LogP contribution in [0.4, 0.5) is 0 Å². The zero-order valence-electron chi connectivity index (χ0n) is 23.9. The second kappa shape index (κ2) is 9.85. The van der Waals surface area contributed by atoms with Crippen LogP contribution in [0.15, 0.2) is 158 Å². The maximum atomic E-state index is 5.19. The molecule has 0 saturated carbocycles. The number of hydrogen-bond acceptors (Lipinski definition) is 2. The largest absolute Gasteiger partial charge is 0.361 e. The predicted molar refractivity (Wildman–Crippen MR) is 183 cm³/mol. The molecule has 0 fully saturated rings. The number of fused-ring (bicyclic) bond motifs is 7. The van der Waals surface area contributed by atoms with Crippen LogP contribution in [0.3, 0.4) is 0 Å². The number of aromatic nitrogens is 3. The van der Waals surface area contributed by atoms with E-state index >= 15 is 0 Å². The van der Waals surface area contributed by atoms with Crippen molar-refractivity contribution >= 4 is 49.4 Å². The first-order chi connectivity index (χ1) is 21.8. The summed E-state index contributed by atoms with van der Waals surface area (Å²) >= 11 is 0. The fourth-order valence-electron chi connectivity index (χ4n) is 6.83. The first-order valence-corrected chi connectivity index (χ1v) is 15.0. The van der Waals surface area contributed by atoms with E-state index in [1.165, 1.54) is 38.1 Å². The van der Waals surface area contributed by atoms with E-state index in [-0.39, 0.29) is 6.04 Å². The number of para-hydroxylation sites is 2. The molecule has 1 atom stereocenters. The molecular weight excluding hydrogens is 536 g/mol. The molecule has 44 heavy (non-hydrogen) atoms. The molecule has 3 aromatic heterocycles.